The minimum Gasteiger partial charge on any atom is -0.491 e. The highest BCUT2D eigenvalue weighted by molar-refractivity contribution is 7.87. The first-order chi connectivity index (χ1) is 13.9. The van der Waals surface area contributed by atoms with Gasteiger partial charge in [-0.05, 0) is 62.4 Å². The highest BCUT2D eigenvalue weighted by Gasteiger charge is 2.18. The van der Waals surface area contributed by atoms with Crippen molar-refractivity contribution in [2.45, 2.75) is 24.8 Å². The van der Waals surface area contributed by atoms with E-state index in [1.54, 1.807) is 24.3 Å². The van der Waals surface area contributed by atoms with Crippen molar-refractivity contribution >= 4 is 21.2 Å². The van der Waals surface area contributed by atoms with E-state index in [0.29, 0.717) is 22.7 Å². The summed E-state index contributed by atoms with van der Waals surface area (Å²) in [6.45, 7) is 3.80. The van der Waals surface area contributed by atoms with Gasteiger partial charge in [-0.3, -0.25) is 0 Å². The van der Waals surface area contributed by atoms with Gasteiger partial charge in [-0.1, -0.05) is 18.2 Å². The van der Waals surface area contributed by atoms with E-state index in [-0.39, 0.29) is 16.7 Å². The van der Waals surface area contributed by atoms with Crippen LogP contribution in [-0.4, -0.2) is 19.5 Å². The first kappa shape index (κ1) is 19.0. The zero-order valence-electron chi connectivity index (χ0n) is 15.9. The molecule has 0 aliphatic heterocycles. The van der Waals surface area contributed by atoms with Gasteiger partial charge in [0.2, 0.25) is 5.89 Å². The molecule has 0 atom stereocenters. The van der Waals surface area contributed by atoms with E-state index in [1.807, 2.05) is 44.2 Å². The predicted octanol–water partition coefficient (Wildman–Crippen LogP) is 5.05. The summed E-state index contributed by atoms with van der Waals surface area (Å²) < 4.78 is 41.7. The van der Waals surface area contributed by atoms with Crippen molar-refractivity contribution < 1.29 is 21.8 Å². The molecule has 148 valence electrons. The standard InChI is InChI=1S/C22H19NO5S/c1-15(2)26-17-8-11-19(12-9-17)29(24,25)28-18-10-13-20-21(14-18)27-22(23-20)16-6-4-3-5-7-16/h3-15H,1-2H3. The first-order valence-electron chi connectivity index (χ1n) is 9.08. The second-order valence-electron chi connectivity index (χ2n) is 6.69. The van der Waals surface area contributed by atoms with E-state index in [9.17, 15) is 8.42 Å². The van der Waals surface area contributed by atoms with Crippen LogP contribution in [0.5, 0.6) is 11.5 Å². The maximum absolute atomic E-state index is 12.6. The van der Waals surface area contributed by atoms with Crippen LogP contribution in [0.2, 0.25) is 0 Å². The normalized spacial score (nSPS) is 11.7. The topological polar surface area (TPSA) is 78.6 Å². The number of rotatable bonds is 6. The summed E-state index contributed by atoms with van der Waals surface area (Å²) in [5.74, 6) is 1.20. The van der Waals surface area contributed by atoms with Crippen LogP contribution >= 0.6 is 0 Å². The fourth-order valence-electron chi connectivity index (χ4n) is 2.79. The van der Waals surface area contributed by atoms with Crippen molar-refractivity contribution in [2.75, 3.05) is 0 Å². The van der Waals surface area contributed by atoms with Gasteiger partial charge in [0.1, 0.15) is 21.9 Å². The number of fused-ring (bicyclic) bond motifs is 1. The quantitative estimate of drug-likeness (QED) is 0.415. The third-order valence-corrected chi connectivity index (χ3v) is 5.33. The summed E-state index contributed by atoms with van der Waals surface area (Å²) in [5, 5.41) is 0. The maximum atomic E-state index is 12.6. The molecule has 29 heavy (non-hydrogen) atoms. The van der Waals surface area contributed by atoms with Gasteiger partial charge >= 0.3 is 10.1 Å². The average Bonchev–Trinajstić information content (AvgIpc) is 3.12. The average molecular weight is 409 g/mol. The Kier molecular flexibility index (Phi) is 4.98. The molecule has 0 saturated carbocycles. The van der Waals surface area contributed by atoms with E-state index in [4.69, 9.17) is 13.3 Å². The Morgan fingerprint density at radius 3 is 2.28 bits per heavy atom. The largest absolute Gasteiger partial charge is 0.491 e. The van der Waals surface area contributed by atoms with Gasteiger partial charge < -0.3 is 13.3 Å². The molecule has 1 aromatic heterocycles. The van der Waals surface area contributed by atoms with Crippen molar-refractivity contribution in [3.63, 3.8) is 0 Å². The Morgan fingerprint density at radius 1 is 0.897 bits per heavy atom. The lowest BCUT2D eigenvalue weighted by Gasteiger charge is -2.10. The molecular formula is C22H19NO5S. The smallest absolute Gasteiger partial charge is 0.339 e. The van der Waals surface area contributed by atoms with Crippen LogP contribution < -0.4 is 8.92 Å². The minimum absolute atomic E-state index is 0.00289. The molecule has 0 aliphatic carbocycles. The molecule has 0 spiro atoms. The molecule has 0 N–H and O–H groups in total. The van der Waals surface area contributed by atoms with Gasteiger partial charge in [-0.2, -0.15) is 8.42 Å². The molecule has 0 radical (unpaired) electrons. The number of ether oxygens (including phenoxy) is 1. The molecular weight excluding hydrogens is 390 g/mol. The third kappa shape index (κ3) is 4.25. The van der Waals surface area contributed by atoms with Crippen LogP contribution in [0.15, 0.2) is 82.1 Å². The van der Waals surface area contributed by atoms with Crippen LogP contribution in [0.25, 0.3) is 22.6 Å². The highest BCUT2D eigenvalue weighted by atomic mass is 32.2. The van der Waals surface area contributed by atoms with E-state index in [2.05, 4.69) is 4.98 Å². The highest BCUT2D eigenvalue weighted by Crippen LogP contribution is 2.28. The molecule has 0 aliphatic rings. The molecule has 0 amide bonds. The van der Waals surface area contributed by atoms with Crippen molar-refractivity contribution in [3.8, 4) is 23.0 Å². The van der Waals surface area contributed by atoms with Gasteiger partial charge in [0.05, 0.1) is 6.10 Å². The Balaban J connectivity index is 1.58. The lowest BCUT2D eigenvalue weighted by atomic mass is 10.2. The number of oxazole rings is 1. The van der Waals surface area contributed by atoms with E-state index < -0.39 is 10.1 Å². The summed E-state index contributed by atoms with van der Waals surface area (Å²) in [5.41, 5.74) is 1.89. The van der Waals surface area contributed by atoms with Gasteiger partial charge in [-0.15, -0.1) is 0 Å². The van der Waals surface area contributed by atoms with Gasteiger partial charge in [-0.25, -0.2) is 4.98 Å². The van der Waals surface area contributed by atoms with Crippen LogP contribution in [0, 0.1) is 0 Å². The van der Waals surface area contributed by atoms with Crippen LogP contribution in [0.1, 0.15) is 13.8 Å². The summed E-state index contributed by atoms with van der Waals surface area (Å²) in [6, 6.07) is 20.3. The molecule has 0 unspecified atom stereocenters. The lowest BCUT2D eigenvalue weighted by molar-refractivity contribution is 0.242. The van der Waals surface area contributed by atoms with Gasteiger partial charge in [0.15, 0.2) is 5.58 Å². The van der Waals surface area contributed by atoms with E-state index in [1.165, 1.54) is 18.2 Å². The number of aromatic nitrogens is 1. The number of nitrogens with zero attached hydrogens (tertiary/aromatic N) is 1. The number of hydrogen-bond acceptors (Lipinski definition) is 6. The maximum Gasteiger partial charge on any atom is 0.339 e. The molecule has 4 aromatic rings. The Bertz CT molecular complexity index is 1230. The Labute approximate surface area is 168 Å². The fourth-order valence-corrected chi connectivity index (χ4v) is 3.72. The summed E-state index contributed by atoms with van der Waals surface area (Å²) >= 11 is 0. The predicted molar refractivity (Wildman–Crippen MR) is 109 cm³/mol. The second kappa shape index (κ2) is 7.60. The van der Waals surface area contributed by atoms with Crippen molar-refractivity contribution in [2.24, 2.45) is 0 Å². The second-order valence-corrected chi connectivity index (χ2v) is 8.24. The number of benzene rings is 3. The zero-order valence-corrected chi connectivity index (χ0v) is 16.7. The minimum atomic E-state index is -3.99. The molecule has 7 heteroatoms. The lowest BCUT2D eigenvalue weighted by Crippen LogP contribution is -2.10. The molecule has 0 saturated heterocycles. The van der Waals surface area contributed by atoms with Crippen molar-refractivity contribution in [1.82, 2.24) is 4.98 Å². The summed E-state index contributed by atoms with van der Waals surface area (Å²) in [4.78, 5) is 4.46. The summed E-state index contributed by atoms with van der Waals surface area (Å²) in [6.07, 6.45) is 0.00289. The van der Waals surface area contributed by atoms with E-state index >= 15 is 0 Å². The number of hydrogen-bond donors (Lipinski definition) is 0. The van der Waals surface area contributed by atoms with Crippen LogP contribution in [0.4, 0.5) is 0 Å². The molecule has 0 bridgehead atoms. The monoisotopic (exact) mass is 409 g/mol. The summed E-state index contributed by atoms with van der Waals surface area (Å²) in [7, 11) is -3.99. The fraction of sp³-hybridized carbons (Fsp3) is 0.136. The van der Waals surface area contributed by atoms with Crippen molar-refractivity contribution in [3.05, 3.63) is 72.8 Å². The van der Waals surface area contributed by atoms with Crippen molar-refractivity contribution in [1.29, 1.82) is 0 Å². The molecule has 1 heterocycles. The molecule has 0 fully saturated rings. The third-order valence-electron chi connectivity index (χ3n) is 4.07. The first-order valence-corrected chi connectivity index (χ1v) is 10.5. The Hall–Kier alpha value is -3.32. The van der Waals surface area contributed by atoms with Gasteiger partial charge in [0.25, 0.3) is 0 Å². The zero-order chi connectivity index (χ0) is 20.4. The Morgan fingerprint density at radius 2 is 1.59 bits per heavy atom. The van der Waals surface area contributed by atoms with Crippen LogP contribution in [-0.2, 0) is 10.1 Å². The molecule has 3 aromatic carbocycles. The van der Waals surface area contributed by atoms with Gasteiger partial charge in [0, 0.05) is 11.6 Å². The van der Waals surface area contributed by atoms with E-state index in [0.717, 1.165) is 5.56 Å². The SMILES string of the molecule is CC(C)Oc1ccc(S(=O)(=O)Oc2ccc3nc(-c4ccccc4)oc3c2)cc1. The van der Waals surface area contributed by atoms with Crippen LogP contribution in [0.3, 0.4) is 0 Å². The molecule has 6 nitrogen and oxygen atoms in total. The molecule has 4 rings (SSSR count).